The average Bonchev–Trinajstić information content (AvgIpc) is 3.28. The summed E-state index contributed by atoms with van der Waals surface area (Å²) in [5, 5.41) is 0. The molecule has 0 saturated carbocycles. The van der Waals surface area contributed by atoms with Gasteiger partial charge in [0.25, 0.3) is 5.91 Å². The van der Waals surface area contributed by atoms with Gasteiger partial charge >= 0.3 is 0 Å². The van der Waals surface area contributed by atoms with Gasteiger partial charge in [0, 0.05) is 24.1 Å². The second kappa shape index (κ2) is 7.13. The van der Waals surface area contributed by atoms with Gasteiger partial charge in [-0.05, 0) is 31.2 Å². The number of fused-ring (bicyclic) bond motifs is 1. The van der Waals surface area contributed by atoms with Gasteiger partial charge in [-0.1, -0.05) is 6.07 Å². The van der Waals surface area contributed by atoms with Gasteiger partial charge in [0.2, 0.25) is 0 Å². The predicted molar refractivity (Wildman–Crippen MR) is 93.2 cm³/mol. The minimum atomic E-state index is -0.157. The summed E-state index contributed by atoms with van der Waals surface area (Å²) in [7, 11) is 0. The van der Waals surface area contributed by atoms with Gasteiger partial charge < -0.3 is 18.6 Å². The first-order chi connectivity index (χ1) is 12.7. The van der Waals surface area contributed by atoms with Crippen LogP contribution in [0.4, 0.5) is 0 Å². The first-order valence-corrected chi connectivity index (χ1v) is 8.54. The predicted octanol–water partition coefficient (Wildman–Crippen LogP) is 2.42. The van der Waals surface area contributed by atoms with Crippen LogP contribution < -0.4 is 0 Å². The molecule has 4 heterocycles. The van der Waals surface area contributed by atoms with Crippen molar-refractivity contribution in [1.82, 2.24) is 19.4 Å². The van der Waals surface area contributed by atoms with Crippen LogP contribution in [0.2, 0.25) is 0 Å². The Bertz CT molecular complexity index is 888. The van der Waals surface area contributed by atoms with E-state index in [1.54, 1.807) is 4.90 Å². The van der Waals surface area contributed by atoms with Gasteiger partial charge in [-0.2, -0.15) is 0 Å². The molecule has 0 radical (unpaired) electrons. The van der Waals surface area contributed by atoms with Crippen LogP contribution >= 0.6 is 0 Å². The van der Waals surface area contributed by atoms with E-state index < -0.39 is 0 Å². The zero-order valence-electron chi connectivity index (χ0n) is 14.5. The van der Waals surface area contributed by atoms with Crippen molar-refractivity contribution >= 4 is 5.91 Å². The molecule has 7 nitrogen and oxygen atoms in total. The van der Waals surface area contributed by atoms with E-state index in [9.17, 15) is 4.79 Å². The smallest absolute Gasteiger partial charge is 0.276 e. The zero-order chi connectivity index (χ0) is 17.9. The number of aromatic nitrogens is 3. The second-order valence-electron chi connectivity index (χ2n) is 6.41. The molecule has 3 aromatic heterocycles. The van der Waals surface area contributed by atoms with E-state index >= 15 is 0 Å². The van der Waals surface area contributed by atoms with Crippen molar-refractivity contribution < 1.29 is 13.9 Å². The number of oxazole rings is 1. The number of aryl methyl sites for hydroxylation is 1. The van der Waals surface area contributed by atoms with Crippen molar-refractivity contribution in [2.45, 2.75) is 32.7 Å². The lowest BCUT2D eigenvalue weighted by molar-refractivity contribution is 0.00905. The molecule has 1 aliphatic rings. The van der Waals surface area contributed by atoms with Crippen molar-refractivity contribution in [3.05, 3.63) is 72.0 Å². The first-order valence-electron chi connectivity index (χ1n) is 8.54. The van der Waals surface area contributed by atoms with Crippen molar-refractivity contribution in [3.8, 4) is 0 Å². The molecule has 3 aromatic rings. The van der Waals surface area contributed by atoms with E-state index in [0.29, 0.717) is 31.9 Å². The Labute approximate surface area is 151 Å². The average molecular weight is 352 g/mol. The lowest BCUT2D eigenvalue weighted by Crippen LogP contribution is -2.37. The summed E-state index contributed by atoms with van der Waals surface area (Å²) in [6, 6.07) is 9.88. The third-order valence-electron chi connectivity index (χ3n) is 4.45. The fourth-order valence-corrected chi connectivity index (χ4v) is 3.18. The molecule has 26 heavy (non-hydrogen) atoms. The molecular weight excluding hydrogens is 332 g/mol. The van der Waals surface area contributed by atoms with Crippen molar-refractivity contribution in [2.75, 3.05) is 6.54 Å². The van der Waals surface area contributed by atoms with E-state index in [1.165, 1.54) is 12.7 Å². The summed E-state index contributed by atoms with van der Waals surface area (Å²) < 4.78 is 13.2. The molecule has 134 valence electrons. The highest BCUT2D eigenvalue weighted by molar-refractivity contribution is 5.91. The molecule has 0 saturated heterocycles. The zero-order valence-corrected chi connectivity index (χ0v) is 14.5. The number of ether oxygens (including phenoxy) is 1. The number of amides is 1. The molecule has 7 heteroatoms. The lowest BCUT2D eigenvalue weighted by atomic mass is 10.3. The van der Waals surface area contributed by atoms with Crippen LogP contribution in [0.15, 0.2) is 53.6 Å². The van der Waals surface area contributed by atoms with Gasteiger partial charge in [0.15, 0.2) is 12.1 Å². The number of rotatable bonds is 4. The van der Waals surface area contributed by atoms with Gasteiger partial charge in [0.1, 0.15) is 6.26 Å². The third kappa shape index (κ3) is 3.52. The Morgan fingerprint density at radius 2 is 2.23 bits per heavy atom. The Balaban J connectivity index is 1.51. The van der Waals surface area contributed by atoms with Crippen molar-refractivity contribution in [2.24, 2.45) is 0 Å². The van der Waals surface area contributed by atoms with Crippen LogP contribution in [0.1, 0.15) is 27.6 Å². The standard InChI is InChI=1S/C19H20N4O3/c1-14-4-2-5-15(21-14)11-26-17-9-22-7-3-6-16(22)8-23(10-17)19(24)18-12-25-13-20-18/h2-7,12-13,17H,8-11H2,1H3/t17-/m1/s1. The number of hydrogen-bond donors (Lipinski definition) is 0. The van der Waals surface area contributed by atoms with Crippen LogP contribution in [0.3, 0.4) is 0 Å². The molecular formula is C19H20N4O3. The maximum atomic E-state index is 12.7. The van der Waals surface area contributed by atoms with Crippen LogP contribution in [0, 0.1) is 6.92 Å². The monoisotopic (exact) mass is 352 g/mol. The summed E-state index contributed by atoms with van der Waals surface area (Å²) in [4.78, 5) is 22.9. The number of pyridine rings is 1. The number of nitrogens with zero attached hydrogens (tertiary/aromatic N) is 4. The molecule has 0 fully saturated rings. The Morgan fingerprint density at radius 1 is 1.31 bits per heavy atom. The van der Waals surface area contributed by atoms with Crippen LogP contribution in [0.5, 0.6) is 0 Å². The summed E-state index contributed by atoms with van der Waals surface area (Å²) >= 11 is 0. The number of carbonyl (C=O) groups is 1. The minimum Gasteiger partial charge on any atom is -0.451 e. The molecule has 1 atom stereocenters. The van der Waals surface area contributed by atoms with Gasteiger partial charge in [0.05, 0.1) is 31.5 Å². The van der Waals surface area contributed by atoms with Crippen molar-refractivity contribution in [1.29, 1.82) is 0 Å². The first kappa shape index (κ1) is 16.5. The summed E-state index contributed by atoms with van der Waals surface area (Å²) in [6.45, 7) is 4.06. The molecule has 0 bridgehead atoms. The Kier molecular flexibility index (Phi) is 4.53. The Morgan fingerprint density at radius 3 is 3.04 bits per heavy atom. The largest absolute Gasteiger partial charge is 0.451 e. The highest BCUT2D eigenvalue weighted by Gasteiger charge is 2.27. The highest BCUT2D eigenvalue weighted by Crippen LogP contribution is 2.18. The van der Waals surface area contributed by atoms with Gasteiger partial charge in [-0.25, -0.2) is 4.98 Å². The van der Waals surface area contributed by atoms with E-state index in [0.717, 1.165) is 17.1 Å². The Hall–Kier alpha value is -2.93. The number of hydrogen-bond acceptors (Lipinski definition) is 5. The summed E-state index contributed by atoms with van der Waals surface area (Å²) in [5.74, 6) is -0.157. The molecule has 0 spiro atoms. The fraction of sp³-hybridized carbons (Fsp3) is 0.316. The molecule has 0 aliphatic carbocycles. The summed E-state index contributed by atoms with van der Waals surface area (Å²) in [5.41, 5.74) is 3.23. The normalized spacial score (nSPS) is 17.0. The van der Waals surface area contributed by atoms with Gasteiger partial charge in [-0.15, -0.1) is 0 Å². The van der Waals surface area contributed by atoms with Crippen LogP contribution in [0.25, 0.3) is 0 Å². The molecule has 1 aliphatic heterocycles. The molecule has 4 rings (SSSR count). The molecule has 0 unspecified atom stereocenters. The van der Waals surface area contributed by atoms with Crippen LogP contribution in [-0.4, -0.2) is 38.0 Å². The maximum Gasteiger partial charge on any atom is 0.276 e. The third-order valence-corrected chi connectivity index (χ3v) is 4.45. The fourth-order valence-electron chi connectivity index (χ4n) is 3.18. The summed E-state index contributed by atoms with van der Waals surface area (Å²) in [6.07, 6.45) is 4.52. The maximum absolute atomic E-state index is 12.7. The van der Waals surface area contributed by atoms with Crippen molar-refractivity contribution in [3.63, 3.8) is 0 Å². The van der Waals surface area contributed by atoms with E-state index in [2.05, 4.69) is 14.5 Å². The minimum absolute atomic E-state index is 0.137. The SMILES string of the molecule is Cc1cccc(CO[C@H]2CN(C(=O)c3cocn3)Cc3cccn3C2)n1. The molecule has 0 aromatic carbocycles. The van der Waals surface area contributed by atoms with E-state index in [1.807, 2.05) is 43.5 Å². The topological polar surface area (TPSA) is 73.4 Å². The van der Waals surface area contributed by atoms with Crippen LogP contribution in [-0.2, 0) is 24.4 Å². The van der Waals surface area contributed by atoms with Gasteiger partial charge in [-0.3, -0.25) is 9.78 Å². The molecule has 1 amide bonds. The van der Waals surface area contributed by atoms with E-state index in [-0.39, 0.29) is 12.0 Å². The number of carbonyl (C=O) groups excluding carboxylic acids is 1. The lowest BCUT2D eigenvalue weighted by Gasteiger charge is -2.23. The quantitative estimate of drug-likeness (QED) is 0.721. The second-order valence-corrected chi connectivity index (χ2v) is 6.41. The highest BCUT2D eigenvalue weighted by atomic mass is 16.5. The van der Waals surface area contributed by atoms with E-state index in [4.69, 9.17) is 9.15 Å². The molecule has 0 N–H and O–H groups in total.